The first-order valence-electron chi connectivity index (χ1n) is 12.3. The van der Waals surface area contributed by atoms with E-state index in [2.05, 4.69) is 61.9 Å². The number of rotatable bonds is 1. The molecule has 1 saturated heterocycles. The molecule has 7 heteroatoms. The van der Waals surface area contributed by atoms with Crippen LogP contribution in [0.3, 0.4) is 0 Å². The van der Waals surface area contributed by atoms with Gasteiger partial charge in [0.2, 0.25) is 0 Å². The third-order valence-electron chi connectivity index (χ3n) is 7.64. The predicted octanol–water partition coefficient (Wildman–Crippen LogP) is 5.94. The van der Waals surface area contributed by atoms with Crippen molar-refractivity contribution in [2.24, 2.45) is 0 Å². The predicted molar refractivity (Wildman–Crippen MR) is 143 cm³/mol. The summed E-state index contributed by atoms with van der Waals surface area (Å²) in [4.78, 5) is 23.6. The zero-order valence-electron chi connectivity index (χ0n) is 19.5. The third kappa shape index (κ3) is 3.44. The number of hydrogen-bond donors (Lipinski definition) is 3. The zero-order valence-corrected chi connectivity index (χ0v) is 21.1. The SMILES string of the molecule is Cc1nc(C(=O)N2CCC3(CC2)NC(=C2CC2)c2cc(Br)ccc2N3)cc2c1[nH]c1ccccc12. The number of fused-ring (bicyclic) bond motifs is 4. The van der Waals surface area contributed by atoms with Crippen LogP contribution >= 0.6 is 15.9 Å². The van der Waals surface area contributed by atoms with Crippen LogP contribution in [0.25, 0.3) is 27.5 Å². The summed E-state index contributed by atoms with van der Waals surface area (Å²) in [6.45, 7) is 3.33. The van der Waals surface area contributed by atoms with Crippen molar-refractivity contribution in [1.82, 2.24) is 20.2 Å². The van der Waals surface area contributed by atoms with Gasteiger partial charge in [0, 0.05) is 63.6 Å². The molecule has 2 aromatic carbocycles. The number of piperidine rings is 1. The van der Waals surface area contributed by atoms with Crippen LogP contribution in [-0.4, -0.2) is 39.5 Å². The summed E-state index contributed by atoms with van der Waals surface area (Å²) in [5.41, 5.74) is 8.41. The molecule has 0 unspecified atom stereocenters. The molecule has 4 heterocycles. The Morgan fingerprint density at radius 1 is 1.03 bits per heavy atom. The fraction of sp³-hybridized carbons (Fsp3) is 0.286. The summed E-state index contributed by atoms with van der Waals surface area (Å²) < 4.78 is 1.09. The Bertz CT molecular complexity index is 1550. The van der Waals surface area contributed by atoms with Gasteiger partial charge < -0.3 is 20.5 Å². The van der Waals surface area contributed by atoms with Gasteiger partial charge in [-0.25, -0.2) is 4.98 Å². The lowest BCUT2D eigenvalue weighted by atomic mass is 9.91. The number of benzene rings is 2. The van der Waals surface area contributed by atoms with Crippen LogP contribution in [0.5, 0.6) is 0 Å². The molecule has 2 fully saturated rings. The maximum Gasteiger partial charge on any atom is 0.272 e. The van der Waals surface area contributed by atoms with Gasteiger partial charge in [0.05, 0.1) is 11.2 Å². The lowest BCUT2D eigenvalue weighted by Crippen LogP contribution is -2.60. The van der Waals surface area contributed by atoms with Crippen molar-refractivity contribution in [1.29, 1.82) is 0 Å². The molecular weight excluding hydrogens is 502 g/mol. The summed E-state index contributed by atoms with van der Waals surface area (Å²) in [6.07, 6.45) is 3.99. The average Bonchev–Trinajstić information content (AvgIpc) is 3.65. The van der Waals surface area contributed by atoms with Crippen molar-refractivity contribution in [3.63, 3.8) is 0 Å². The van der Waals surface area contributed by atoms with E-state index in [-0.39, 0.29) is 11.6 Å². The number of pyridine rings is 1. The number of hydrogen-bond acceptors (Lipinski definition) is 4. The number of carbonyl (C=O) groups is 1. The normalized spacial score (nSPS) is 18.5. The van der Waals surface area contributed by atoms with Crippen LogP contribution in [-0.2, 0) is 0 Å². The van der Waals surface area contributed by atoms with E-state index in [1.807, 2.05) is 30.0 Å². The molecule has 3 N–H and O–H groups in total. The monoisotopic (exact) mass is 527 g/mol. The lowest BCUT2D eigenvalue weighted by molar-refractivity contribution is 0.0666. The molecule has 7 rings (SSSR count). The van der Waals surface area contributed by atoms with Crippen LogP contribution in [0, 0.1) is 6.92 Å². The molecule has 0 bridgehead atoms. The topological polar surface area (TPSA) is 73.1 Å². The molecular formula is C28H26BrN5O. The van der Waals surface area contributed by atoms with Gasteiger partial charge in [0.25, 0.3) is 5.91 Å². The van der Waals surface area contributed by atoms with Gasteiger partial charge in [-0.05, 0) is 55.7 Å². The highest BCUT2D eigenvalue weighted by Crippen LogP contribution is 2.44. The molecule has 35 heavy (non-hydrogen) atoms. The third-order valence-corrected chi connectivity index (χ3v) is 8.14. The van der Waals surface area contributed by atoms with Crippen molar-refractivity contribution >= 4 is 55.0 Å². The number of carbonyl (C=O) groups excluding carboxylic acids is 1. The van der Waals surface area contributed by atoms with Crippen molar-refractivity contribution in [3.8, 4) is 0 Å². The first-order chi connectivity index (χ1) is 17.0. The van der Waals surface area contributed by atoms with Gasteiger partial charge in [-0.3, -0.25) is 4.79 Å². The molecule has 176 valence electrons. The summed E-state index contributed by atoms with van der Waals surface area (Å²) in [5, 5.41) is 9.82. The number of nitrogens with zero attached hydrogens (tertiary/aromatic N) is 2. The highest BCUT2D eigenvalue weighted by molar-refractivity contribution is 9.10. The largest absolute Gasteiger partial charge is 0.362 e. The minimum absolute atomic E-state index is 0.0102. The molecule has 0 radical (unpaired) electrons. The Morgan fingerprint density at radius 2 is 1.83 bits per heavy atom. The standard InChI is InChI=1S/C28H26BrN5O/c1-16-25-20(19-4-2-3-5-22(19)31-25)15-24(30-16)27(35)34-12-10-28(11-13-34)32-23-9-8-18(29)14-21(23)26(33-28)17-6-7-17/h2-5,8-9,14-15,31-33H,6-7,10-13H2,1H3. The fourth-order valence-electron chi connectivity index (χ4n) is 5.64. The summed E-state index contributed by atoms with van der Waals surface area (Å²) in [6, 6.07) is 16.6. The lowest BCUT2D eigenvalue weighted by Gasteiger charge is -2.47. The molecule has 2 aliphatic heterocycles. The Hall–Kier alpha value is -3.32. The summed E-state index contributed by atoms with van der Waals surface area (Å²) in [7, 11) is 0. The van der Waals surface area contributed by atoms with Crippen molar-refractivity contribution in [2.75, 3.05) is 18.4 Å². The highest BCUT2D eigenvalue weighted by Gasteiger charge is 2.41. The fourth-order valence-corrected chi connectivity index (χ4v) is 6.00. The number of amides is 1. The first kappa shape index (κ1) is 21.0. The van der Waals surface area contributed by atoms with Crippen LogP contribution < -0.4 is 10.6 Å². The minimum Gasteiger partial charge on any atom is -0.362 e. The van der Waals surface area contributed by atoms with E-state index in [4.69, 9.17) is 4.98 Å². The molecule has 1 amide bonds. The number of aryl methyl sites for hydroxylation is 1. The number of anilines is 1. The van der Waals surface area contributed by atoms with E-state index < -0.39 is 0 Å². The number of aromatic nitrogens is 2. The van der Waals surface area contributed by atoms with E-state index >= 15 is 0 Å². The molecule has 4 aromatic rings. The van der Waals surface area contributed by atoms with Gasteiger partial charge >= 0.3 is 0 Å². The Labute approximate surface area is 211 Å². The number of aromatic amines is 1. The molecule has 3 aliphatic rings. The Morgan fingerprint density at radius 3 is 2.63 bits per heavy atom. The minimum atomic E-state index is -0.229. The number of halogens is 1. The number of likely N-dealkylation sites (tertiary alicyclic amines) is 1. The van der Waals surface area contributed by atoms with Crippen molar-refractivity contribution in [2.45, 2.75) is 38.3 Å². The van der Waals surface area contributed by atoms with Crippen molar-refractivity contribution < 1.29 is 4.79 Å². The van der Waals surface area contributed by atoms with Gasteiger partial charge in [-0.2, -0.15) is 0 Å². The van der Waals surface area contributed by atoms with Gasteiger partial charge in [-0.15, -0.1) is 0 Å². The van der Waals surface area contributed by atoms with Crippen LogP contribution in [0.15, 0.2) is 58.6 Å². The maximum atomic E-state index is 13.5. The number of nitrogens with one attached hydrogen (secondary N) is 3. The second-order valence-corrected chi connectivity index (χ2v) is 10.9. The van der Waals surface area contributed by atoms with Crippen LogP contribution in [0.1, 0.15) is 47.4 Å². The van der Waals surface area contributed by atoms with E-state index in [9.17, 15) is 4.79 Å². The van der Waals surface area contributed by atoms with Gasteiger partial charge in [-0.1, -0.05) is 34.1 Å². The second-order valence-electron chi connectivity index (χ2n) is 9.98. The molecule has 1 spiro atoms. The number of H-pyrrole nitrogens is 1. The molecule has 1 aliphatic carbocycles. The van der Waals surface area contributed by atoms with Crippen LogP contribution in [0.4, 0.5) is 5.69 Å². The second kappa shape index (κ2) is 7.59. The zero-order chi connectivity index (χ0) is 23.7. The summed E-state index contributed by atoms with van der Waals surface area (Å²) in [5.74, 6) is 0.0102. The average molecular weight is 528 g/mol. The first-order valence-corrected chi connectivity index (χ1v) is 13.0. The maximum absolute atomic E-state index is 13.5. The smallest absolute Gasteiger partial charge is 0.272 e. The van der Waals surface area contributed by atoms with E-state index in [1.54, 1.807) is 0 Å². The van der Waals surface area contributed by atoms with E-state index in [0.717, 1.165) is 57.7 Å². The van der Waals surface area contributed by atoms with E-state index in [0.29, 0.717) is 18.8 Å². The Balaban J connectivity index is 1.16. The van der Waals surface area contributed by atoms with E-state index in [1.165, 1.54) is 22.5 Å². The number of allylic oxidation sites excluding steroid dienone is 1. The van der Waals surface area contributed by atoms with Crippen LogP contribution in [0.2, 0.25) is 0 Å². The quantitative estimate of drug-likeness (QED) is 0.286. The van der Waals surface area contributed by atoms with Gasteiger partial charge in [0.15, 0.2) is 0 Å². The molecule has 1 saturated carbocycles. The molecule has 2 aromatic heterocycles. The molecule has 0 atom stereocenters. The van der Waals surface area contributed by atoms with Crippen molar-refractivity contribution in [3.05, 3.63) is 75.5 Å². The number of para-hydroxylation sites is 1. The van der Waals surface area contributed by atoms with Gasteiger partial charge in [0.1, 0.15) is 11.4 Å². The molecule has 6 nitrogen and oxygen atoms in total. The summed E-state index contributed by atoms with van der Waals surface area (Å²) >= 11 is 3.62. The Kier molecular flexibility index (Phi) is 4.55. The highest BCUT2D eigenvalue weighted by atomic mass is 79.9.